The number of nitrogens with zero attached hydrogens (tertiary/aromatic N) is 3. The highest BCUT2D eigenvalue weighted by molar-refractivity contribution is 7.86. The molecule has 0 heterocycles. The van der Waals surface area contributed by atoms with Crippen molar-refractivity contribution in [1.29, 1.82) is 5.26 Å². The zero-order valence-corrected chi connectivity index (χ0v) is 58.1. The summed E-state index contributed by atoms with van der Waals surface area (Å²) in [7, 11) is -10.7. The lowest BCUT2D eigenvalue weighted by molar-refractivity contribution is -0.229. The molecule has 0 aromatic rings. The van der Waals surface area contributed by atoms with Gasteiger partial charge in [-0.15, -0.1) is 0 Å². The molecule has 1 N–H and O–H groups in total. The van der Waals surface area contributed by atoms with Crippen molar-refractivity contribution < 1.29 is 71.3 Å². The van der Waals surface area contributed by atoms with Crippen molar-refractivity contribution >= 4 is 30.4 Å². The Hall–Kier alpha value is -2.08. The summed E-state index contributed by atoms with van der Waals surface area (Å²) in [6, 6.07) is 2.28. The number of aliphatic hydroxyl groups excluding tert-OH is 1. The number of hydrogen-bond acceptors (Lipinski definition) is 17. The van der Waals surface area contributed by atoms with Gasteiger partial charge in [0.05, 0.1) is 114 Å². The molecular formula is C67H113N3O16S3. The van der Waals surface area contributed by atoms with E-state index in [2.05, 4.69) is 64.2 Å². The Morgan fingerprint density at radius 2 is 0.933 bits per heavy atom. The van der Waals surface area contributed by atoms with Gasteiger partial charge in [0.25, 0.3) is 30.4 Å². The van der Waals surface area contributed by atoms with Crippen LogP contribution in [0.5, 0.6) is 0 Å². The molecule has 19 nitrogen and oxygen atoms in total. The average molecular weight is 1310 g/mol. The molecule has 510 valence electrons. The summed E-state index contributed by atoms with van der Waals surface area (Å²) in [5.41, 5.74) is 0.0311. The lowest BCUT2D eigenvalue weighted by Gasteiger charge is -2.64. The Kier molecular flexibility index (Phi) is 27.2. The molecule has 8 saturated carbocycles. The van der Waals surface area contributed by atoms with Gasteiger partial charge in [-0.3, -0.25) is 12.5 Å². The second-order valence-electron chi connectivity index (χ2n) is 29.3. The molecule has 0 aliphatic heterocycles. The van der Waals surface area contributed by atoms with Gasteiger partial charge in [0.1, 0.15) is 13.2 Å². The minimum Gasteiger partial charge on any atom is -0.396 e. The van der Waals surface area contributed by atoms with Gasteiger partial charge in [-0.1, -0.05) is 67.7 Å². The largest absolute Gasteiger partial charge is 0.396 e. The van der Waals surface area contributed by atoms with E-state index >= 15 is 0 Å². The van der Waals surface area contributed by atoms with Crippen molar-refractivity contribution in [3.8, 4) is 6.07 Å². The smallest absolute Gasteiger partial charge is 0.264 e. The first-order chi connectivity index (χ1) is 42.1. The molecule has 22 atom stereocenters. The molecule has 8 rings (SSSR count). The van der Waals surface area contributed by atoms with E-state index in [9.17, 15) is 35.6 Å². The van der Waals surface area contributed by atoms with Crippen LogP contribution in [-0.4, -0.2) is 165 Å². The Morgan fingerprint density at radius 1 is 0.528 bits per heavy atom. The van der Waals surface area contributed by atoms with Crippen LogP contribution >= 0.6 is 0 Å². The van der Waals surface area contributed by atoms with Crippen LogP contribution in [0.4, 0.5) is 0 Å². The molecule has 0 aromatic carbocycles. The predicted octanol–water partition coefficient (Wildman–Crippen LogP) is 11.0. The van der Waals surface area contributed by atoms with Crippen molar-refractivity contribution in [2.75, 3.05) is 97.9 Å². The lowest BCUT2D eigenvalue weighted by atomic mass is 9.43. The van der Waals surface area contributed by atoms with Crippen LogP contribution in [0.2, 0.25) is 0 Å². The number of aliphatic hydroxyl groups is 1. The van der Waals surface area contributed by atoms with Crippen LogP contribution in [-0.2, 0) is 71.3 Å². The highest BCUT2D eigenvalue weighted by Gasteiger charge is 2.69. The number of hydrogen-bond donors (Lipinski definition) is 1. The summed E-state index contributed by atoms with van der Waals surface area (Å²) in [4.78, 5) is 7.06. The van der Waals surface area contributed by atoms with Crippen LogP contribution in [0.1, 0.15) is 177 Å². The highest BCUT2D eigenvalue weighted by Crippen LogP contribution is 2.71. The summed E-state index contributed by atoms with van der Waals surface area (Å²) in [6.07, 6.45) is 23.2. The van der Waals surface area contributed by atoms with E-state index in [0.29, 0.717) is 92.6 Å². The first-order valence-corrected chi connectivity index (χ1v) is 39.4. The fourth-order valence-electron chi connectivity index (χ4n) is 20.5. The molecule has 2 unspecified atom stereocenters. The zero-order valence-electron chi connectivity index (χ0n) is 55.7. The van der Waals surface area contributed by atoms with E-state index in [1.54, 1.807) is 0 Å². The second kappa shape index (κ2) is 32.6. The molecule has 8 aliphatic carbocycles. The monoisotopic (exact) mass is 1310 g/mol. The topological polar surface area (TPSA) is 238 Å². The van der Waals surface area contributed by atoms with Gasteiger partial charge >= 0.3 is 0 Å². The van der Waals surface area contributed by atoms with Gasteiger partial charge in [-0.25, -0.2) is 13.1 Å². The highest BCUT2D eigenvalue weighted by atomic mass is 32.2. The first kappa shape index (κ1) is 74.3. The van der Waals surface area contributed by atoms with E-state index in [1.165, 1.54) is 19.3 Å². The number of nitriles is 1. The maximum absolute atomic E-state index is 11.7. The summed E-state index contributed by atoms with van der Waals surface area (Å²) in [6.45, 7) is 34.3. The number of unbranched alkanes of at least 4 members (excludes halogenated alkanes) is 1. The minimum atomic E-state index is -3.59. The quantitative estimate of drug-likeness (QED) is 0.0374. The lowest BCUT2D eigenvalue weighted by Crippen LogP contribution is -2.63. The molecule has 22 heteroatoms. The summed E-state index contributed by atoms with van der Waals surface area (Å²) in [5, 5.41) is 18.8. The molecule has 0 spiro atoms. The van der Waals surface area contributed by atoms with Gasteiger partial charge < -0.3 is 43.2 Å². The van der Waals surface area contributed by atoms with Crippen LogP contribution in [0.15, 0.2) is 0 Å². The van der Waals surface area contributed by atoms with E-state index in [0.717, 1.165) is 122 Å². The van der Waals surface area contributed by atoms with Gasteiger partial charge in [0.15, 0.2) is 0 Å². The maximum Gasteiger partial charge on any atom is 0.264 e. The first-order valence-electron chi connectivity index (χ1n) is 34.0. The van der Waals surface area contributed by atoms with Crippen LogP contribution < -0.4 is 0 Å². The van der Waals surface area contributed by atoms with Crippen LogP contribution in [0.3, 0.4) is 0 Å². The van der Waals surface area contributed by atoms with Crippen LogP contribution in [0, 0.1) is 117 Å². The number of fused-ring (bicyclic) bond motifs is 10. The summed E-state index contributed by atoms with van der Waals surface area (Å²) in [5.74, 6) is 5.01. The SMILES string of the molecule is CCCC[C@@H](C)[C@H]1CC[C@H]2[C@@H]3[C@H](OCCOS(C)(=O)=O)C[C@@H]4CC(OCCOS(C)(=O)=O)CC[C@]4(C)[C@H]3C[C@H](OCCOS(C)(=O)=O)[C@]12C.[C-]#[N+]CCOC1CC[C@@]2(C)[C@@H](C1)C[C@@H](OCCC#N)[C@@H]1[C@@H]2C[C@H](OCC[N+]#[C-])[C@]2(C)[C@@H]([C@H](C)CCCO)CC[C@@H]12. The van der Waals surface area contributed by atoms with Gasteiger partial charge in [-0.05, 0) is 185 Å². The van der Waals surface area contributed by atoms with Crippen molar-refractivity contribution in [2.45, 2.75) is 214 Å². The van der Waals surface area contributed by atoms with E-state index < -0.39 is 30.4 Å². The molecular weight excluding hydrogens is 1200 g/mol. The van der Waals surface area contributed by atoms with Gasteiger partial charge in [0.2, 0.25) is 13.1 Å². The third-order valence-corrected chi connectivity index (χ3v) is 26.3. The van der Waals surface area contributed by atoms with Gasteiger partial charge in [-0.2, -0.15) is 30.5 Å². The molecule has 89 heavy (non-hydrogen) atoms. The Morgan fingerprint density at radius 3 is 1.36 bits per heavy atom. The van der Waals surface area contributed by atoms with Gasteiger partial charge in [0, 0.05) is 17.4 Å². The predicted molar refractivity (Wildman–Crippen MR) is 340 cm³/mol. The van der Waals surface area contributed by atoms with E-state index in [4.69, 9.17) is 54.1 Å². The molecule has 8 aliphatic rings. The second-order valence-corrected chi connectivity index (χ2v) is 34.2. The Labute approximate surface area is 537 Å². The molecule has 0 amide bonds. The third-order valence-electron chi connectivity index (χ3n) is 24.5. The van der Waals surface area contributed by atoms with Crippen molar-refractivity contribution in [3.63, 3.8) is 0 Å². The minimum absolute atomic E-state index is 0.0121. The molecule has 0 radical (unpaired) electrons. The standard InChI is InChI=1S/C34H62O12S3.C33H51N3O4/c1-8-9-10-24(2)27-11-12-28-32-29(23-31(34(27,28)4)43-17-20-46-49(7,39)40)33(3)14-13-26(41-15-18-44-47(5,35)36)21-25(33)22-30(32)42-16-19-45-48(6,37)38;1-23(8-6-16-37)26-9-10-27-31-28(22-30(33(26,27)3)40-19-15-36-5)32(2)12-11-25(38-18-14-35-4)20-24(32)21-29(31)39-17-7-13-34/h24-32H,8-23H2,1-7H3;23-31,37H,6-12,14-22H2,1-3H3/t24-,25+,26?,27-,28+,29+,30-,31+,32+,33+,34-;23-,24+,25?,26-,27+,28+,29-,30+,31+,32+,33-/m11/s1. The van der Waals surface area contributed by atoms with Crippen molar-refractivity contribution in [1.82, 2.24) is 0 Å². The van der Waals surface area contributed by atoms with Crippen molar-refractivity contribution in [2.24, 2.45) is 92.7 Å². The van der Waals surface area contributed by atoms with E-state index in [1.807, 2.05) is 0 Å². The fraction of sp³-hybridized carbons (Fsp3) is 0.955. The summed E-state index contributed by atoms with van der Waals surface area (Å²) >= 11 is 0. The zero-order chi connectivity index (χ0) is 65.0. The normalized spacial score (nSPS) is 39.0. The average Bonchev–Trinajstić information content (AvgIpc) is 1.29. The fourth-order valence-corrected chi connectivity index (χ4v) is 21.7. The van der Waals surface area contributed by atoms with Crippen molar-refractivity contribution in [3.05, 3.63) is 22.8 Å². The number of rotatable bonds is 32. The maximum atomic E-state index is 11.7. The third kappa shape index (κ3) is 18.1. The van der Waals surface area contributed by atoms with E-state index in [-0.39, 0.29) is 122 Å². The Balaban J connectivity index is 0.000000259. The molecule has 8 fully saturated rings. The number of ether oxygens (including phenoxy) is 6. The molecule has 0 saturated heterocycles. The molecule has 0 aromatic heterocycles. The molecule has 0 bridgehead atoms. The summed E-state index contributed by atoms with van der Waals surface area (Å²) < 4.78 is 124. The Bertz CT molecular complexity index is 2720. The van der Waals surface area contributed by atoms with Crippen LogP contribution in [0.25, 0.3) is 9.69 Å².